The van der Waals surface area contributed by atoms with Crippen LogP contribution in [-0.2, 0) is 0 Å². The van der Waals surface area contributed by atoms with Crippen LogP contribution in [0, 0.1) is 5.82 Å². The molecule has 2 nitrogen and oxygen atoms in total. The second-order valence-electron chi connectivity index (χ2n) is 3.53. The van der Waals surface area contributed by atoms with Gasteiger partial charge in [-0.2, -0.15) is 0 Å². The van der Waals surface area contributed by atoms with Crippen LogP contribution in [0.25, 0.3) is 0 Å². The molecule has 1 heterocycles. The number of benzene rings is 1. The topological polar surface area (TPSA) is 20.3 Å². The Balaban J connectivity index is 2.47. The minimum Gasteiger partial charge on any atom is -0.368 e. The molecule has 0 bridgehead atoms. The zero-order chi connectivity index (χ0) is 10.1. The lowest BCUT2D eigenvalue weighted by Gasteiger charge is -2.34. The van der Waals surface area contributed by atoms with Gasteiger partial charge in [0.2, 0.25) is 0 Å². The van der Waals surface area contributed by atoms with Crippen molar-refractivity contribution in [3.8, 4) is 0 Å². The zero-order valence-corrected chi connectivity index (χ0v) is 8.09. The monoisotopic (exact) mass is 193 g/mol. The number of ketones is 1. The molecule has 0 aliphatic carbocycles. The first kappa shape index (κ1) is 9.19. The fourth-order valence-corrected chi connectivity index (χ4v) is 1.66. The normalized spacial score (nSPS) is 15.1. The molecule has 14 heavy (non-hydrogen) atoms. The summed E-state index contributed by atoms with van der Waals surface area (Å²) < 4.78 is 13.5. The Kier molecular flexibility index (Phi) is 2.23. The lowest BCUT2D eigenvalue weighted by molar-refractivity contribution is 0.101. The van der Waals surface area contributed by atoms with Gasteiger partial charge in [-0.15, -0.1) is 0 Å². The lowest BCUT2D eigenvalue weighted by Crippen LogP contribution is -2.38. The third kappa shape index (κ3) is 1.39. The Morgan fingerprint density at radius 1 is 1.43 bits per heavy atom. The molecule has 1 aromatic rings. The molecule has 0 amide bonds. The number of halogens is 1. The highest BCUT2D eigenvalue weighted by atomic mass is 19.1. The van der Waals surface area contributed by atoms with E-state index in [0.717, 1.165) is 19.5 Å². The van der Waals surface area contributed by atoms with Gasteiger partial charge in [0.15, 0.2) is 5.78 Å². The Hall–Kier alpha value is -1.38. The fraction of sp³-hybridized carbons (Fsp3) is 0.364. The molecule has 74 valence electrons. The van der Waals surface area contributed by atoms with Crippen molar-refractivity contribution in [1.29, 1.82) is 0 Å². The highest BCUT2D eigenvalue weighted by Gasteiger charge is 2.22. The van der Waals surface area contributed by atoms with Crippen molar-refractivity contribution >= 4 is 11.5 Å². The molecule has 0 atom stereocenters. The van der Waals surface area contributed by atoms with Gasteiger partial charge in [-0.3, -0.25) is 4.79 Å². The molecule has 1 fully saturated rings. The van der Waals surface area contributed by atoms with Gasteiger partial charge < -0.3 is 4.90 Å². The third-order valence-corrected chi connectivity index (χ3v) is 2.54. The van der Waals surface area contributed by atoms with Gasteiger partial charge in [0.1, 0.15) is 5.82 Å². The summed E-state index contributed by atoms with van der Waals surface area (Å²) in [4.78, 5) is 13.2. The van der Waals surface area contributed by atoms with Crippen LogP contribution < -0.4 is 4.90 Å². The van der Waals surface area contributed by atoms with Gasteiger partial charge in [-0.05, 0) is 25.5 Å². The van der Waals surface area contributed by atoms with Crippen molar-refractivity contribution in [1.82, 2.24) is 0 Å². The molecule has 1 aliphatic heterocycles. The van der Waals surface area contributed by atoms with Crippen molar-refractivity contribution in [2.45, 2.75) is 13.3 Å². The Morgan fingerprint density at radius 3 is 2.64 bits per heavy atom. The number of para-hydroxylation sites is 1. The average molecular weight is 193 g/mol. The molecule has 0 radical (unpaired) electrons. The second-order valence-corrected chi connectivity index (χ2v) is 3.53. The van der Waals surface area contributed by atoms with Crippen molar-refractivity contribution in [3.63, 3.8) is 0 Å². The summed E-state index contributed by atoms with van der Waals surface area (Å²) in [5.74, 6) is -0.371. The Bertz CT molecular complexity index is 372. The maximum atomic E-state index is 13.5. The number of anilines is 1. The van der Waals surface area contributed by atoms with Crippen LogP contribution in [0.2, 0.25) is 0 Å². The van der Waals surface area contributed by atoms with Crippen LogP contribution >= 0.6 is 0 Å². The predicted octanol–water partition coefficient (Wildman–Crippen LogP) is 2.24. The van der Waals surface area contributed by atoms with Crippen molar-refractivity contribution in [2.24, 2.45) is 0 Å². The maximum Gasteiger partial charge on any atom is 0.161 e. The van der Waals surface area contributed by atoms with E-state index in [1.165, 1.54) is 13.0 Å². The summed E-state index contributed by atoms with van der Waals surface area (Å²) in [6.45, 7) is 3.17. The smallest absolute Gasteiger partial charge is 0.161 e. The van der Waals surface area contributed by atoms with Crippen LogP contribution in [0.1, 0.15) is 23.7 Å². The van der Waals surface area contributed by atoms with Gasteiger partial charge in [-0.25, -0.2) is 4.39 Å². The van der Waals surface area contributed by atoms with Gasteiger partial charge in [0, 0.05) is 18.7 Å². The summed E-state index contributed by atoms with van der Waals surface area (Å²) in [5.41, 5.74) is 0.968. The van der Waals surface area contributed by atoms with E-state index in [4.69, 9.17) is 0 Å². The van der Waals surface area contributed by atoms with E-state index in [-0.39, 0.29) is 11.6 Å². The first-order valence-electron chi connectivity index (χ1n) is 4.74. The minimum absolute atomic E-state index is 0.0774. The first-order valence-corrected chi connectivity index (χ1v) is 4.74. The number of hydrogen-bond donors (Lipinski definition) is 0. The standard InChI is InChI=1S/C11H12FNO/c1-8(14)9-4-2-5-10(12)11(9)13-6-3-7-13/h2,4-5H,3,6-7H2,1H3. The molecule has 2 rings (SSSR count). The highest BCUT2D eigenvalue weighted by molar-refractivity contribution is 5.99. The number of Topliss-reactive ketones (excluding diaryl/α,β-unsaturated/α-hetero) is 1. The van der Waals surface area contributed by atoms with Crippen molar-refractivity contribution in [3.05, 3.63) is 29.6 Å². The number of rotatable bonds is 2. The molecule has 0 spiro atoms. The predicted molar refractivity (Wildman–Crippen MR) is 53.2 cm³/mol. The van der Waals surface area contributed by atoms with E-state index in [0.29, 0.717) is 11.3 Å². The van der Waals surface area contributed by atoms with E-state index in [2.05, 4.69) is 0 Å². The van der Waals surface area contributed by atoms with Crippen LogP contribution in [0.5, 0.6) is 0 Å². The summed E-state index contributed by atoms with van der Waals surface area (Å²) in [7, 11) is 0. The molecule has 0 aromatic heterocycles. The van der Waals surface area contributed by atoms with Crippen molar-refractivity contribution < 1.29 is 9.18 Å². The van der Waals surface area contributed by atoms with Crippen molar-refractivity contribution in [2.75, 3.05) is 18.0 Å². The Labute approximate surface area is 82.3 Å². The van der Waals surface area contributed by atoms with E-state index < -0.39 is 0 Å². The summed E-state index contributed by atoms with van der Waals surface area (Å²) in [5, 5.41) is 0. The minimum atomic E-state index is -0.294. The van der Waals surface area contributed by atoms with E-state index in [1.54, 1.807) is 12.1 Å². The zero-order valence-electron chi connectivity index (χ0n) is 8.09. The largest absolute Gasteiger partial charge is 0.368 e. The quantitative estimate of drug-likeness (QED) is 0.671. The van der Waals surface area contributed by atoms with Crippen LogP contribution in [-0.4, -0.2) is 18.9 Å². The van der Waals surface area contributed by atoms with Gasteiger partial charge in [0.25, 0.3) is 0 Å². The summed E-state index contributed by atoms with van der Waals surface area (Å²) in [6.07, 6.45) is 1.08. The van der Waals surface area contributed by atoms with E-state index >= 15 is 0 Å². The molecule has 1 saturated heterocycles. The van der Waals surface area contributed by atoms with E-state index in [9.17, 15) is 9.18 Å². The average Bonchev–Trinajstić information content (AvgIpc) is 2.04. The lowest BCUT2D eigenvalue weighted by atomic mass is 10.1. The van der Waals surface area contributed by atoms with Crippen LogP contribution in [0.4, 0.5) is 10.1 Å². The first-order chi connectivity index (χ1) is 6.70. The fourth-order valence-electron chi connectivity index (χ4n) is 1.66. The number of hydrogen-bond acceptors (Lipinski definition) is 2. The molecule has 1 aliphatic rings. The third-order valence-electron chi connectivity index (χ3n) is 2.54. The van der Waals surface area contributed by atoms with Gasteiger partial charge >= 0.3 is 0 Å². The van der Waals surface area contributed by atoms with Crippen LogP contribution in [0.3, 0.4) is 0 Å². The number of carbonyl (C=O) groups excluding carboxylic acids is 1. The molecule has 0 unspecified atom stereocenters. The molecule has 3 heteroatoms. The second kappa shape index (κ2) is 3.40. The molecule has 0 saturated carbocycles. The van der Waals surface area contributed by atoms with Gasteiger partial charge in [0.05, 0.1) is 5.69 Å². The molecule has 0 N–H and O–H groups in total. The molecule has 1 aromatic carbocycles. The summed E-state index contributed by atoms with van der Waals surface area (Å²) >= 11 is 0. The summed E-state index contributed by atoms with van der Waals surface area (Å²) in [6, 6.07) is 4.66. The van der Waals surface area contributed by atoms with E-state index in [1.807, 2.05) is 4.90 Å². The van der Waals surface area contributed by atoms with Gasteiger partial charge in [-0.1, -0.05) is 6.07 Å². The molecular formula is C11H12FNO. The Morgan fingerprint density at radius 2 is 2.14 bits per heavy atom. The number of carbonyl (C=O) groups is 1. The van der Waals surface area contributed by atoms with Crippen LogP contribution in [0.15, 0.2) is 18.2 Å². The SMILES string of the molecule is CC(=O)c1cccc(F)c1N1CCC1. The maximum absolute atomic E-state index is 13.5. The molecular weight excluding hydrogens is 181 g/mol. The number of nitrogens with zero attached hydrogens (tertiary/aromatic N) is 1. The highest BCUT2D eigenvalue weighted by Crippen LogP contribution is 2.28.